The zero-order valence-electron chi connectivity index (χ0n) is 8.48. The van der Waals surface area contributed by atoms with Crippen LogP contribution in [0.15, 0.2) is 34.2 Å². The van der Waals surface area contributed by atoms with Crippen molar-refractivity contribution in [2.45, 2.75) is 0 Å². The first kappa shape index (κ1) is 10.1. The molecule has 16 heavy (non-hydrogen) atoms. The zero-order valence-corrected chi connectivity index (χ0v) is 8.48. The lowest BCUT2D eigenvalue weighted by Crippen LogP contribution is -2.22. The largest absolute Gasteiger partial charge is 0.411 e. The summed E-state index contributed by atoms with van der Waals surface area (Å²) in [5, 5.41) is 18.7. The molecule has 0 bridgehead atoms. The first-order valence-corrected chi connectivity index (χ1v) is 4.50. The molecule has 1 heterocycles. The zero-order chi connectivity index (χ0) is 11.5. The third kappa shape index (κ3) is 1.58. The molecule has 1 aromatic heterocycles. The van der Waals surface area contributed by atoms with Gasteiger partial charge >= 0.3 is 5.69 Å². The van der Waals surface area contributed by atoms with Gasteiger partial charge in [0.05, 0.1) is 11.9 Å². The van der Waals surface area contributed by atoms with E-state index in [0.717, 1.165) is 9.36 Å². The summed E-state index contributed by atoms with van der Waals surface area (Å²) in [5.41, 5.74) is 0.727. The van der Waals surface area contributed by atoms with Gasteiger partial charge in [-0.05, 0) is 16.5 Å². The SMILES string of the molecule is Cn1nnn(-c2ccccc2C=NO)c1=O. The van der Waals surface area contributed by atoms with E-state index in [-0.39, 0.29) is 5.69 Å². The highest BCUT2D eigenvalue weighted by Gasteiger charge is 2.08. The second kappa shape index (κ2) is 3.97. The highest BCUT2D eigenvalue weighted by atomic mass is 16.4. The van der Waals surface area contributed by atoms with Crippen LogP contribution in [-0.2, 0) is 7.05 Å². The Labute approximate surface area is 90.2 Å². The van der Waals surface area contributed by atoms with Crippen LogP contribution in [0.25, 0.3) is 5.69 Å². The Balaban J connectivity index is 2.64. The molecule has 0 atom stereocenters. The molecule has 7 nitrogen and oxygen atoms in total. The van der Waals surface area contributed by atoms with Gasteiger partial charge in [0.1, 0.15) is 0 Å². The van der Waals surface area contributed by atoms with Crippen molar-refractivity contribution in [1.29, 1.82) is 0 Å². The monoisotopic (exact) mass is 219 g/mol. The number of rotatable bonds is 2. The van der Waals surface area contributed by atoms with Crippen molar-refractivity contribution in [2.24, 2.45) is 12.2 Å². The predicted octanol–water partition coefficient (Wildman–Crippen LogP) is -0.226. The fourth-order valence-electron chi connectivity index (χ4n) is 1.32. The first-order valence-electron chi connectivity index (χ1n) is 4.50. The molecule has 0 aliphatic carbocycles. The molecule has 0 aliphatic rings. The van der Waals surface area contributed by atoms with Crippen molar-refractivity contribution < 1.29 is 5.21 Å². The third-order valence-electron chi connectivity index (χ3n) is 2.08. The van der Waals surface area contributed by atoms with Gasteiger partial charge in [-0.1, -0.05) is 23.4 Å². The summed E-state index contributed by atoms with van der Waals surface area (Å²) in [6.07, 6.45) is 1.23. The minimum atomic E-state index is -0.362. The molecule has 0 saturated carbocycles. The minimum Gasteiger partial charge on any atom is -0.411 e. The summed E-state index contributed by atoms with van der Waals surface area (Å²) in [7, 11) is 1.51. The average Bonchev–Trinajstić information content (AvgIpc) is 2.61. The normalized spacial score (nSPS) is 11.1. The van der Waals surface area contributed by atoms with E-state index in [1.807, 2.05) is 0 Å². The smallest absolute Gasteiger partial charge is 0.368 e. The van der Waals surface area contributed by atoms with Gasteiger partial charge in [-0.15, -0.1) is 0 Å². The molecular formula is C9H9N5O2. The predicted molar refractivity (Wildman–Crippen MR) is 56.0 cm³/mol. The van der Waals surface area contributed by atoms with E-state index in [1.54, 1.807) is 24.3 Å². The molecule has 0 aliphatic heterocycles. The topological polar surface area (TPSA) is 85.3 Å². The van der Waals surface area contributed by atoms with Crippen molar-refractivity contribution in [1.82, 2.24) is 19.8 Å². The van der Waals surface area contributed by atoms with Crippen LogP contribution in [0.5, 0.6) is 0 Å². The number of oxime groups is 1. The van der Waals surface area contributed by atoms with Gasteiger partial charge in [0.15, 0.2) is 0 Å². The van der Waals surface area contributed by atoms with E-state index in [2.05, 4.69) is 15.6 Å². The van der Waals surface area contributed by atoms with E-state index in [4.69, 9.17) is 5.21 Å². The van der Waals surface area contributed by atoms with Crippen LogP contribution >= 0.6 is 0 Å². The lowest BCUT2D eigenvalue weighted by Gasteiger charge is -2.01. The summed E-state index contributed by atoms with van der Waals surface area (Å²) in [4.78, 5) is 11.6. The van der Waals surface area contributed by atoms with Gasteiger partial charge in [-0.25, -0.2) is 4.79 Å². The number of aromatic nitrogens is 4. The van der Waals surface area contributed by atoms with Gasteiger partial charge in [0, 0.05) is 12.6 Å². The first-order chi connectivity index (χ1) is 7.74. The fraction of sp³-hybridized carbons (Fsp3) is 0.111. The molecule has 0 unspecified atom stereocenters. The Bertz CT molecular complexity index is 584. The van der Waals surface area contributed by atoms with Crippen molar-refractivity contribution in [3.05, 3.63) is 40.3 Å². The van der Waals surface area contributed by atoms with E-state index < -0.39 is 0 Å². The maximum Gasteiger partial charge on any atom is 0.368 e. The quantitative estimate of drug-likeness (QED) is 0.429. The van der Waals surface area contributed by atoms with Crippen LogP contribution in [0.1, 0.15) is 5.56 Å². The summed E-state index contributed by atoms with van der Waals surface area (Å²) in [6.45, 7) is 0. The Morgan fingerprint density at radius 2 is 2.12 bits per heavy atom. The molecule has 2 rings (SSSR count). The highest BCUT2D eigenvalue weighted by molar-refractivity contribution is 5.84. The van der Waals surface area contributed by atoms with Gasteiger partial charge in [0.25, 0.3) is 0 Å². The van der Waals surface area contributed by atoms with Crippen LogP contribution in [-0.4, -0.2) is 31.2 Å². The Morgan fingerprint density at radius 3 is 2.75 bits per heavy atom. The summed E-state index contributed by atoms with van der Waals surface area (Å²) >= 11 is 0. The molecule has 0 saturated heterocycles. The molecule has 0 amide bonds. The van der Waals surface area contributed by atoms with Gasteiger partial charge in [0.2, 0.25) is 0 Å². The Morgan fingerprint density at radius 1 is 1.38 bits per heavy atom. The van der Waals surface area contributed by atoms with Crippen LogP contribution < -0.4 is 5.69 Å². The molecule has 82 valence electrons. The summed E-state index contributed by atoms with van der Waals surface area (Å²) in [6, 6.07) is 6.91. The summed E-state index contributed by atoms with van der Waals surface area (Å²) in [5.74, 6) is 0. The van der Waals surface area contributed by atoms with E-state index in [9.17, 15) is 4.79 Å². The maximum atomic E-state index is 11.6. The molecule has 0 spiro atoms. The number of hydrogen-bond acceptors (Lipinski definition) is 5. The molecule has 7 heteroatoms. The molecule has 2 aromatic rings. The second-order valence-electron chi connectivity index (χ2n) is 3.10. The molecular weight excluding hydrogens is 210 g/mol. The standard InChI is InChI=1S/C9H9N5O2/c1-13-9(15)14(12-11-13)8-5-3-2-4-7(8)6-10-16/h2-6,16H,1H3. The summed E-state index contributed by atoms with van der Waals surface area (Å²) < 4.78 is 2.25. The van der Waals surface area contributed by atoms with Crippen molar-refractivity contribution >= 4 is 6.21 Å². The van der Waals surface area contributed by atoms with Crippen LogP contribution in [0, 0.1) is 0 Å². The highest BCUT2D eigenvalue weighted by Crippen LogP contribution is 2.08. The molecule has 0 radical (unpaired) electrons. The Hall–Kier alpha value is -2.44. The van der Waals surface area contributed by atoms with Crippen molar-refractivity contribution in [3.63, 3.8) is 0 Å². The minimum absolute atomic E-state index is 0.362. The van der Waals surface area contributed by atoms with E-state index in [0.29, 0.717) is 11.3 Å². The van der Waals surface area contributed by atoms with Crippen molar-refractivity contribution in [2.75, 3.05) is 0 Å². The average molecular weight is 219 g/mol. The number of hydrogen-bond donors (Lipinski definition) is 1. The van der Waals surface area contributed by atoms with Gasteiger partial charge in [-0.2, -0.15) is 9.36 Å². The van der Waals surface area contributed by atoms with Crippen molar-refractivity contribution in [3.8, 4) is 5.69 Å². The third-order valence-corrected chi connectivity index (χ3v) is 2.08. The van der Waals surface area contributed by atoms with E-state index in [1.165, 1.54) is 13.3 Å². The molecule has 1 aromatic carbocycles. The lowest BCUT2D eigenvalue weighted by atomic mass is 10.2. The van der Waals surface area contributed by atoms with Gasteiger partial charge < -0.3 is 5.21 Å². The number of aryl methyl sites for hydroxylation is 1. The van der Waals surface area contributed by atoms with Crippen LogP contribution in [0.2, 0.25) is 0 Å². The van der Waals surface area contributed by atoms with Crippen LogP contribution in [0.3, 0.4) is 0 Å². The lowest BCUT2D eigenvalue weighted by molar-refractivity contribution is 0.322. The van der Waals surface area contributed by atoms with Gasteiger partial charge in [-0.3, -0.25) is 0 Å². The number of tetrazole rings is 1. The van der Waals surface area contributed by atoms with E-state index >= 15 is 0 Å². The number of benzene rings is 1. The maximum absolute atomic E-state index is 11.6. The molecule has 0 fully saturated rings. The Kier molecular flexibility index (Phi) is 2.50. The molecule has 1 N–H and O–H groups in total. The number of nitrogens with zero attached hydrogens (tertiary/aromatic N) is 5. The second-order valence-corrected chi connectivity index (χ2v) is 3.10. The van der Waals surface area contributed by atoms with Crippen LogP contribution in [0.4, 0.5) is 0 Å². The fourth-order valence-corrected chi connectivity index (χ4v) is 1.32. The number of para-hydroxylation sites is 1.